The average Bonchev–Trinajstić information content (AvgIpc) is 3.32. The quantitative estimate of drug-likeness (QED) is 0.623. The standard InChI is InChI=1S/C25H29N5O2S/c1-28-9-11-29(12-10-28)23-8-7-20(18-26-23)27-24(31)22-17-21(19-5-3-2-4-6-19)25(33-22)30-13-15-32-16-14-30/h2-8,17-18H,9-16H2,1H3,(H,27,31). The Labute approximate surface area is 198 Å². The smallest absolute Gasteiger partial charge is 0.265 e. The Bertz CT molecular complexity index is 1070. The van der Waals surface area contributed by atoms with Gasteiger partial charge in [0.1, 0.15) is 5.82 Å². The Morgan fingerprint density at radius 2 is 1.73 bits per heavy atom. The number of pyridine rings is 1. The molecule has 2 fully saturated rings. The number of nitrogens with one attached hydrogen (secondary N) is 1. The molecule has 4 heterocycles. The Hall–Kier alpha value is -2.94. The molecular formula is C25H29N5O2S. The molecule has 8 heteroatoms. The molecule has 0 atom stereocenters. The minimum atomic E-state index is -0.106. The van der Waals surface area contributed by atoms with Gasteiger partial charge in [0.25, 0.3) is 5.91 Å². The molecule has 0 unspecified atom stereocenters. The Morgan fingerprint density at radius 1 is 0.970 bits per heavy atom. The summed E-state index contributed by atoms with van der Waals surface area (Å²) in [5.41, 5.74) is 2.92. The lowest BCUT2D eigenvalue weighted by atomic mass is 10.1. The Morgan fingerprint density at radius 3 is 2.42 bits per heavy atom. The number of hydrogen-bond acceptors (Lipinski definition) is 7. The van der Waals surface area contributed by atoms with Gasteiger partial charge in [-0.15, -0.1) is 11.3 Å². The van der Waals surface area contributed by atoms with Crippen molar-refractivity contribution in [2.75, 3.05) is 74.6 Å². The number of hydrogen-bond donors (Lipinski definition) is 1. The van der Waals surface area contributed by atoms with Gasteiger partial charge in [-0.2, -0.15) is 0 Å². The first-order chi connectivity index (χ1) is 16.2. The van der Waals surface area contributed by atoms with Crippen molar-refractivity contribution in [2.24, 2.45) is 0 Å². The molecule has 0 spiro atoms. The minimum Gasteiger partial charge on any atom is -0.378 e. The number of likely N-dealkylation sites (N-methyl/N-ethyl adjacent to an activating group) is 1. The number of morpholine rings is 1. The van der Waals surface area contributed by atoms with Crippen molar-refractivity contribution < 1.29 is 9.53 Å². The van der Waals surface area contributed by atoms with Gasteiger partial charge < -0.3 is 24.8 Å². The fraction of sp³-hybridized carbons (Fsp3) is 0.360. The number of piperazine rings is 1. The van der Waals surface area contributed by atoms with Crippen LogP contribution in [-0.2, 0) is 4.74 Å². The molecule has 0 radical (unpaired) electrons. The molecule has 1 amide bonds. The maximum atomic E-state index is 13.1. The summed E-state index contributed by atoms with van der Waals surface area (Å²) in [4.78, 5) is 25.3. The molecule has 7 nitrogen and oxygen atoms in total. The Kier molecular flexibility index (Phi) is 6.57. The highest BCUT2D eigenvalue weighted by Gasteiger charge is 2.22. The van der Waals surface area contributed by atoms with Crippen molar-refractivity contribution in [3.8, 4) is 11.1 Å². The number of anilines is 3. The SMILES string of the molecule is CN1CCN(c2ccc(NC(=O)c3cc(-c4ccccc4)c(N4CCOCC4)s3)cn2)CC1. The predicted octanol–water partition coefficient (Wildman–Crippen LogP) is 3.65. The van der Waals surface area contributed by atoms with E-state index in [1.807, 2.05) is 36.4 Å². The molecule has 2 saturated heterocycles. The van der Waals surface area contributed by atoms with E-state index in [-0.39, 0.29) is 5.91 Å². The van der Waals surface area contributed by atoms with Crippen molar-refractivity contribution in [3.63, 3.8) is 0 Å². The van der Waals surface area contributed by atoms with E-state index in [0.29, 0.717) is 23.8 Å². The first-order valence-corrected chi connectivity index (χ1v) is 12.2. The zero-order valence-corrected chi connectivity index (χ0v) is 19.7. The van der Waals surface area contributed by atoms with Crippen molar-refractivity contribution >= 4 is 33.8 Å². The molecule has 0 aliphatic carbocycles. The maximum absolute atomic E-state index is 13.1. The van der Waals surface area contributed by atoms with Crippen LogP contribution in [0.25, 0.3) is 11.1 Å². The van der Waals surface area contributed by atoms with Crippen LogP contribution in [0.5, 0.6) is 0 Å². The summed E-state index contributed by atoms with van der Waals surface area (Å²) in [5.74, 6) is 0.851. The van der Waals surface area contributed by atoms with Crippen LogP contribution in [0, 0.1) is 0 Å². The molecule has 2 aliphatic rings. The molecule has 1 N–H and O–H groups in total. The zero-order valence-electron chi connectivity index (χ0n) is 18.9. The second-order valence-electron chi connectivity index (χ2n) is 8.44. The van der Waals surface area contributed by atoms with Gasteiger partial charge in [0.2, 0.25) is 0 Å². The molecule has 2 aromatic heterocycles. The third kappa shape index (κ3) is 5.03. The highest BCUT2D eigenvalue weighted by atomic mass is 32.1. The number of nitrogens with zero attached hydrogens (tertiary/aromatic N) is 4. The summed E-state index contributed by atoms with van der Waals surface area (Å²) < 4.78 is 5.53. The van der Waals surface area contributed by atoms with Gasteiger partial charge in [-0.3, -0.25) is 4.79 Å². The topological polar surface area (TPSA) is 60.9 Å². The van der Waals surface area contributed by atoms with E-state index in [1.54, 1.807) is 6.20 Å². The van der Waals surface area contributed by atoms with Gasteiger partial charge in [-0.1, -0.05) is 30.3 Å². The third-order valence-corrected chi connectivity index (χ3v) is 7.35. The van der Waals surface area contributed by atoms with E-state index in [2.05, 4.69) is 44.2 Å². The number of amides is 1. The van der Waals surface area contributed by atoms with Crippen LogP contribution in [0.3, 0.4) is 0 Å². The number of rotatable bonds is 5. The molecule has 3 aromatic rings. The van der Waals surface area contributed by atoms with Crippen LogP contribution in [-0.4, -0.2) is 75.3 Å². The van der Waals surface area contributed by atoms with Crippen LogP contribution in [0.15, 0.2) is 54.7 Å². The van der Waals surface area contributed by atoms with Crippen LogP contribution < -0.4 is 15.1 Å². The van der Waals surface area contributed by atoms with E-state index in [0.717, 1.165) is 61.2 Å². The summed E-state index contributed by atoms with van der Waals surface area (Å²) >= 11 is 1.54. The lowest BCUT2D eigenvalue weighted by molar-refractivity contribution is 0.103. The fourth-order valence-corrected chi connectivity index (χ4v) is 5.32. The maximum Gasteiger partial charge on any atom is 0.265 e. The molecule has 0 bridgehead atoms. The first-order valence-electron chi connectivity index (χ1n) is 11.4. The van der Waals surface area contributed by atoms with Crippen LogP contribution in [0.1, 0.15) is 9.67 Å². The van der Waals surface area contributed by atoms with E-state index in [1.165, 1.54) is 11.3 Å². The largest absolute Gasteiger partial charge is 0.378 e. The number of ether oxygens (including phenoxy) is 1. The highest BCUT2D eigenvalue weighted by Crippen LogP contribution is 2.39. The molecule has 0 saturated carbocycles. The second-order valence-corrected chi connectivity index (χ2v) is 9.48. The normalized spacial score (nSPS) is 17.2. The molecule has 172 valence electrons. The summed E-state index contributed by atoms with van der Waals surface area (Å²) in [7, 11) is 2.14. The van der Waals surface area contributed by atoms with Crippen molar-refractivity contribution in [1.29, 1.82) is 0 Å². The lowest BCUT2D eigenvalue weighted by Gasteiger charge is -2.33. The highest BCUT2D eigenvalue weighted by molar-refractivity contribution is 7.18. The van der Waals surface area contributed by atoms with Gasteiger partial charge in [0, 0.05) is 44.8 Å². The summed E-state index contributed by atoms with van der Waals surface area (Å²) in [6.07, 6.45) is 1.75. The molecule has 2 aliphatic heterocycles. The summed E-state index contributed by atoms with van der Waals surface area (Å²) in [5, 5.41) is 4.15. The number of benzene rings is 1. The minimum absolute atomic E-state index is 0.106. The number of aromatic nitrogens is 1. The van der Waals surface area contributed by atoms with Gasteiger partial charge in [0.15, 0.2) is 0 Å². The van der Waals surface area contributed by atoms with E-state index in [9.17, 15) is 4.79 Å². The summed E-state index contributed by atoms with van der Waals surface area (Å²) in [6.45, 7) is 7.09. The van der Waals surface area contributed by atoms with Gasteiger partial charge >= 0.3 is 0 Å². The van der Waals surface area contributed by atoms with Crippen LogP contribution in [0.4, 0.5) is 16.5 Å². The Balaban J connectivity index is 1.33. The van der Waals surface area contributed by atoms with Crippen molar-refractivity contribution in [3.05, 3.63) is 59.6 Å². The van der Waals surface area contributed by atoms with Gasteiger partial charge in [-0.05, 0) is 30.8 Å². The van der Waals surface area contributed by atoms with Crippen molar-refractivity contribution in [1.82, 2.24) is 9.88 Å². The molecular weight excluding hydrogens is 434 g/mol. The van der Waals surface area contributed by atoms with E-state index >= 15 is 0 Å². The number of carbonyl (C=O) groups excluding carboxylic acids is 1. The van der Waals surface area contributed by atoms with Crippen molar-refractivity contribution in [2.45, 2.75) is 0 Å². The zero-order chi connectivity index (χ0) is 22.6. The monoisotopic (exact) mass is 463 g/mol. The first kappa shape index (κ1) is 21.9. The van der Waals surface area contributed by atoms with E-state index in [4.69, 9.17) is 4.74 Å². The van der Waals surface area contributed by atoms with E-state index < -0.39 is 0 Å². The second kappa shape index (κ2) is 9.91. The van der Waals surface area contributed by atoms with Crippen LogP contribution >= 0.6 is 11.3 Å². The fourth-order valence-electron chi connectivity index (χ4n) is 4.19. The molecule has 33 heavy (non-hydrogen) atoms. The number of thiophene rings is 1. The van der Waals surface area contributed by atoms with Gasteiger partial charge in [0.05, 0.1) is 35.0 Å². The average molecular weight is 464 g/mol. The third-order valence-electron chi connectivity index (χ3n) is 6.15. The predicted molar refractivity (Wildman–Crippen MR) is 135 cm³/mol. The lowest BCUT2D eigenvalue weighted by Crippen LogP contribution is -2.44. The van der Waals surface area contributed by atoms with Gasteiger partial charge in [-0.25, -0.2) is 4.98 Å². The molecule has 1 aromatic carbocycles. The number of carbonyl (C=O) groups is 1. The summed E-state index contributed by atoms with van der Waals surface area (Å²) in [6, 6.07) is 16.2. The van der Waals surface area contributed by atoms with Crippen LogP contribution in [0.2, 0.25) is 0 Å². The molecule has 5 rings (SSSR count).